The molecule has 0 aromatic heterocycles. The van der Waals surface area contributed by atoms with Gasteiger partial charge >= 0.3 is 0 Å². The molecule has 3 unspecified atom stereocenters. The van der Waals surface area contributed by atoms with Gasteiger partial charge in [-0.05, 0) is 24.2 Å². The van der Waals surface area contributed by atoms with Crippen LogP contribution in [0.4, 0.5) is 0 Å². The number of rotatable bonds is 9. The summed E-state index contributed by atoms with van der Waals surface area (Å²) in [5, 5.41) is 0. The first-order valence-electron chi connectivity index (χ1n) is 6.98. The molecule has 0 bridgehead atoms. The van der Waals surface area contributed by atoms with E-state index in [1.54, 1.807) is 0 Å². The Balaban J connectivity index is 4.28. The lowest BCUT2D eigenvalue weighted by Crippen LogP contribution is -2.33. The van der Waals surface area contributed by atoms with Gasteiger partial charge in [0.15, 0.2) is 0 Å². The lowest BCUT2D eigenvalue weighted by Gasteiger charge is -2.38. The zero-order valence-corrected chi connectivity index (χ0v) is 13.0. The molecule has 16 heavy (non-hydrogen) atoms. The second-order valence-corrected chi connectivity index (χ2v) is 6.68. The van der Waals surface area contributed by atoms with Gasteiger partial charge in [-0.2, -0.15) is 0 Å². The van der Waals surface area contributed by atoms with Crippen molar-refractivity contribution in [2.24, 2.45) is 11.3 Å². The van der Waals surface area contributed by atoms with Crippen LogP contribution in [-0.4, -0.2) is 5.66 Å². The highest BCUT2D eigenvalue weighted by molar-refractivity contribution is 7.24. The summed E-state index contributed by atoms with van der Waals surface area (Å²) in [7, 11) is -0.626. The first-order chi connectivity index (χ1) is 7.52. The third kappa shape index (κ3) is 4.62. The highest BCUT2D eigenvalue weighted by atomic mass is 31.1. The number of hydrogen-bond donors (Lipinski definition) is 0. The fraction of sp³-hybridized carbons (Fsp3) is 1.00. The van der Waals surface area contributed by atoms with Crippen molar-refractivity contribution in [1.82, 2.24) is 0 Å². The molecule has 0 saturated carbocycles. The maximum atomic E-state index is 11.5. The zero-order valence-electron chi connectivity index (χ0n) is 11.9. The van der Waals surface area contributed by atoms with Gasteiger partial charge in [0.2, 0.25) is 0 Å². The van der Waals surface area contributed by atoms with Gasteiger partial charge in [0.05, 0.1) is 8.46 Å². The minimum atomic E-state index is -0.626. The van der Waals surface area contributed by atoms with Gasteiger partial charge in [0.25, 0.3) is 0 Å². The van der Waals surface area contributed by atoms with Crippen LogP contribution in [-0.2, 0) is 4.57 Å². The summed E-state index contributed by atoms with van der Waals surface area (Å²) >= 11 is 0. The second-order valence-electron chi connectivity index (χ2n) is 5.61. The van der Waals surface area contributed by atoms with Crippen molar-refractivity contribution in [2.45, 2.75) is 78.8 Å². The van der Waals surface area contributed by atoms with Crippen LogP contribution in [0.25, 0.3) is 0 Å². The summed E-state index contributed by atoms with van der Waals surface area (Å²) in [5.41, 5.74) is 0.734. The fourth-order valence-corrected chi connectivity index (χ4v) is 3.75. The molecule has 1 nitrogen and oxygen atoms in total. The van der Waals surface area contributed by atoms with Crippen molar-refractivity contribution in [3.8, 4) is 0 Å². The summed E-state index contributed by atoms with van der Waals surface area (Å²) in [5.74, 6) is 0.634. The van der Waals surface area contributed by atoms with Crippen LogP contribution >= 0.6 is 8.46 Å². The lowest BCUT2D eigenvalue weighted by molar-refractivity contribution is 0.190. The summed E-state index contributed by atoms with van der Waals surface area (Å²) < 4.78 is 11.5. The van der Waals surface area contributed by atoms with Crippen LogP contribution in [0.2, 0.25) is 0 Å². The Morgan fingerprint density at radius 2 is 1.75 bits per heavy atom. The van der Waals surface area contributed by atoms with Crippen LogP contribution in [0.15, 0.2) is 0 Å². The zero-order chi connectivity index (χ0) is 12.6. The van der Waals surface area contributed by atoms with E-state index in [9.17, 15) is 4.57 Å². The molecule has 0 aliphatic carbocycles. The summed E-state index contributed by atoms with van der Waals surface area (Å²) in [6.07, 6.45) is 7.50. The predicted molar refractivity (Wildman–Crippen MR) is 76.2 cm³/mol. The van der Waals surface area contributed by atoms with Gasteiger partial charge in [-0.25, -0.2) is 0 Å². The third-order valence-electron chi connectivity index (χ3n) is 4.46. The molecule has 2 heteroatoms. The van der Waals surface area contributed by atoms with Crippen molar-refractivity contribution < 1.29 is 4.57 Å². The number of hydrogen-bond acceptors (Lipinski definition) is 1. The first kappa shape index (κ1) is 16.2. The molecule has 0 aliphatic heterocycles. The van der Waals surface area contributed by atoms with Gasteiger partial charge in [-0.15, -0.1) is 0 Å². The van der Waals surface area contributed by atoms with Gasteiger partial charge < -0.3 is 4.57 Å². The molecule has 0 rings (SSSR count). The Hall–Kier alpha value is 0.230. The topological polar surface area (TPSA) is 17.1 Å². The Labute approximate surface area is 104 Å². The maximum absolute atomic E-state index is 11.5. The molecule has 0 fully saturated rings. The predicted octanol–water partition coefficient (Wildman–Crippen LogP) is 5.15. The van der Waals surface area contributed by atoms with Gasteiger partial charge in [0.1, 0.15) is 0 Å². The third-order valence-corrected chi connectivity index (χ3v) is 5.88. The smallest absolute Gasteiger partial charge is 0.0680 e. The molecule has 0 N–H and O–H groups in total. The minimum absolute atomic E-state index is 0.281. The molecular weight excluding hydrogens is 215 g/mol. The molecule has 0 amide bonds. The molecule has 0 saturated heterocycles. The van der Waals surface area contributed by atoms with Crippen LogP contribution in [0.5, 0.6) is 0 Å². The van der Waals surface area contributed by atoms with Crippen LogP contribution < -0.4 is 0 Å². The largest absolute Gasteiger partial charge is 0.330 e. The molecule has 0 aromatic carbocycles. The summed E-state index contributed by atoms with van der Waals surface area (Å²) in [6.45, 7) is 11.4. The van der Waals surface area contributed by atoms with Crippen molar-refractivity contribution in [3.05, 3.63) is 0 Å². The van der Waals surface area contributed by atoms with Gasteiger partial charge in [-0.3, -0.25) is 0 Å². The van der Waals surface area contributed by atoms with E-state index in [0.29, 0.717) is 11.6 Å². The van der Waals surface area contributed by atoms with E-state index in [-0.39, 0.29) is 5.41 Å². The lowest BCUT2D eigenvalue weighted by atomic mass is 9.72. The van der Waals surface area contributed by atoms with Crippen molar-refractivity contribution in [1.29, 1.82) is 0 Å². The van der Waals surface area contributed by atoms with E-state index in [4.69, 9.17) is 0 Å². The molecule has 3 atom stereocenters. The molecule has 98 valence electrons. The molecule has 0 radical (unpaired) electrons. The van der Waals surface area contributed by atoms with E-state index in [1.165, 1.54) is 32.1 Å². The van der Waals surface area contributed by atoms with E-state index in [2.05, 4.69) is 34.6 Å². The molecule has 0 heterocycles. The van der Waals surface area contributed by atoms with Crippen LogP contribution in [0.3, 0.4) is 0 Å². The van der Waals surface area contributed by atoms with Crippen molar-refractivity contribution in [3.63, 3.8) is 0 Å². The van der Waals surface area contributed by atoms with Crippen LogP contribution in [0.1, 0.15) is 73.1 Å². The minimum Gasteiger partial charge on any atom is -0.330 e. The van der Waals surface area contributed by atoms with Crippen molar-refractivity contribution >= 4 is 8.46 Å². The van der Waals surface area contributed by atoms with Gasteiger partial charge in [0, 0.05) is 5.66 Å². The summed E-state index contributed by atoms with van der Waals surface area (Å²) in [6, 6.07) is 0. The fourth-order valence-electron chi connectivity index (χ4n) is 2.44. The van der Waals surface area contributed by atoms with Gasteiger partial charge in [-0.1, -0.05) is 60.3 Å². The normalized spacial score (nSPS) is 18.1. The Morgan fingerprint density at radius 3 is 2.12 bits per heavy atom. The Morgan fingerprint density at radius 1 is 1.12 bits per heavy atom. The van der Waals surface area contributed by atoms with E-state index in [0.717, 1.165) is 6.42 Å². The maximum Gasteiger partial charge on any atom is 0.0680 e. The average Bonchev–Trinajstić information content (AvgIpc) is 2.28. The standard InChI is InChI=1S/C14H31OP/c1-6-8-9-10-11-13(16-15)14(5,7-2)12(3)4/h12-13H,6-11,16H2,1-5H3. The Bertz CT molecular complexity index is 191. The quantitative estimate of drug-likeness (QED) is 0.406. The molecule has 0 aliphatic rings. The van der Waals surface area contributed by atoms with E-state index < -0.39 is 8.46 Å². The second kappa shape index (κ2) is 8.34. The summed E-state index contributed by atoms with van der Waals surface area (Å²) in [4.78, 5) is 0. The van der Waals surface area contributed by atoms with E-state index >= 15 is 0 Å². The number of unbranched alkanes of at least 4 members (excludes halogenated alkanes) is 3. The SMILES string of the molecule is CCCCCCC([PH2]=O)C(C)(CC)C(C)C. The Kier molecular flexibility index (Phi) is 8.46. The highest BCUT2D eigenvalue weighted by Crippen LogP contribution is 2.42. The molecule has 0 aromatic rings. The highest BCUT2D eigenvalue weighted by Gasteiger charge is 2.34. The molecule has 0 spiro atoms. The monoisotopic (exact) mass is 246 g/mol. The van der Waals surface area contributed by atoms with E-state index in [1.807, 2.05) is 0 Å². The molecular formula is C14H31OP. The van der Waals surface area contributed by atoms with Crippen molar-refractivity contribution in [2.75, 3.05) is 0 Å². The van der Waals surface area contributed by atoms with Crippen LogP contribution in [0, 0.1) is 11.3 Å². The first-order valence-corrected chi connectivity index (χ1v) is 8.12. The average molecular weight is 246 g/mol.